The second-order valence-corrected chi connectivity index (χ2v) is 3.20. The molecule has 0 aromatic carbocycles. The Balaban J connectivity index is 2.37. The third-order valence-electron chi connectivity index (χ3n) is 2.28. The number of aryl methyl sites for hydroxylation is 2. The van der Waals surface area contributed by atoms with Gasteiger partial charge in [-0.3, -0.25) is 0 Å². The SMILES string of the molecule is CCc1nc2n(n1)C(N)CCC2. The van der Waals surface area contributed by atoms with Crippen LogP contribution in [-0.4, -0.2) is 14.8 Å². The van der Waals surface area contributed by atoms with Gasteiger partial charge in [-0.25, -0.2) is 9.67 Å². The second-order valence-electron chi connectivity index (χ2n) is 3.20. The Hall–Kier alpha value is -0.900. The van der Waals surface area contributed by atoms with Crippen molar-refractivity contribution in [3.8, 4) is 0 Å². The van der Waals surface area contributed by atoms with Crippen LogP contribution < -0.4 is 5.73 Å². The van der Waals surface area contributed by atoms with Gasteiger partial charge in [0, 0.05) is 12.8 Å². The van der Waals surface area contributed by atoms with Crippen molar-refractivity contribution >= 4 is 0 Å². The van der Waals surface area contributed by atoms with Crippen molar-refractivity contribution in [1.82, 2.24) is 14.8 Å². The highest BCUT2D eigenvalue weighted by Crippen LogP contribution is 2.18. The quantitative estimate of drug-likeness (QED) is 0.666. The normalized spacial score (nSPS) is 22.3. The maximum atomic E-state index is 5.87. The Morgan fingerprint density at radius 3 is 3.17 bits per heavy atom. The van der Waals surface area contributed by atoms with E-state index in [4.69, 9.17) is 5.73 Å². The summed E-state index contributed by atoms with van der Waals surface area (Å²) in [5, 5.41) is 4.33. The van der Waals surface area contributed by atoms with Gasteiger partial charge in [-0.2, -0.15) is 5.10 Å². The van der Waals surface area contributed by atoms with Crippen molar-refractivity contribution in [2.75, 3.05) is 0 Å². The molecule has 0 bridgehead atoms. The van der Waals surface area contributed by atoms with E-state index >= 15 is 0 Å². The predicted octanol–water partition coefficient (Wildman–Crippen LogP) is 0.634. The molecule has 0 fully saturated rings. The summed E-state index contributed by atoms with van der Waals surface area (Å²) >= 11 is 0. The van der Waals surface area contributed by atoms with Gasteiger partial charge in [-0.15, -0.1) is 0 Å². The molecule has 0 radical (unpaired) electrons. The van der Waals surface area contributed by atoms with Gasteiger partial charge < -0.3 is 5.73 Å². The Morgan fingerprint density at radius 1 is 1.67 bits per heavy atom. The summed E-state index contributed by atoms with van der Waals surface area (Å²) in [6.07, 6.45) is 4.15. The zero-order chi connectivity index (χ0) is 8.55. The van der Waals surface area contributed by atoms with Crippen LogP contribution in [0.1, 0.15) is 37.6 Å². The monoisotopic (exact) mass is 166 g/mol. The molecule has 0 saturated heterocycles. The number of rotatable bonds is 1. The third kappa shape index (κ3) is 1.12. The predicted molar refractivity (Wildman–Crippen MR) is 45.6 cm³/mol. The van der Waals surface area contributed by atoms with Crippen LogP contribution in [0.2, 0.25) is 0 Å². The molecule has 12 heavy (non-hydrogen) atoms. The van der Waals surface area contributed by atoms with Crippen LogP contribution in [0, 0.1) is 0 Å². The van der Waals surface area contributed by atoms with E-state index in [0.717, 1.165) is 37.3 Å². The molecule has 0 amide bonds. The number of hydrogen-bond donors (Lipinski definition) is 1. The minimum Gasteiger partial charge on any atom is -0.310 e. The molecule has 1 atom stereocenters. The molecule has 0 spiro atoms. The summed E-state index contributed by atoms with van der Waals surface area (Å²) in [6.45, 7) is 2.06. The zero-order valence-electron chi connectivity index (χ0n) is 7.32. The minimum absolute atomic E-state index is 0.0570. The van der Waals surface area contributed by atoms with Crippen molar-refractivity contribution < 1.29 is 0 Å². The maximum absolute atomic E-state index is 5.87. The molecule has 2 heterocycles. The highest BCUT2D eigenvalue weighted by atomic mass is 15.4. The number of nitrogens with two attached hydrogens (primary N) is 1. The first-order valence-corrected chi connectivity index (χ1v) is 4.51. The van der Waals surface area contributed by atoms with Crippen LogP contribution >= 0.6 is 0 Å². The molecule has 1 aromatic rings. The number of nitrogens with zero attached hydrogens (tertiary/aromatic N) is 3. The Bertz CT molecular complexity index is 279. The Kier molecular flexibility index (Phi) is 1.84. The van der Waals surface area contributed by atoms with E-state index in [1.54, 1.807) is 0 Å². The summed E-state index contributed by atoms with van der Waals surface area (Å²) in [5.74, 6) is 1.98. The molecular formula is C8H14N4. The topological polar surface area (TPSA) is 56.7 Å². The fourth-order valence-corrected chi connectivity index (χ4v) is 1.58. The fraction of sp³-hybridized carbons (Fsp3) is 0.750. The molecule has 2 rings (SSSR count). The molecule has 0 saturated carbocycles. The van der Waals surface area contributed by atoms with E-state index < -0.39 is 0 Å². The minimum atomic E-state index is 0.0570. The lowest BCUT2D eigenvalue weighted by Gasteiger charge is -2.18. The highest BCUT2D eigenvalue weighted by Gasteiger charge is 2.18. The standard InChI is InChI=1S/C8H14N4/c1-2-7-10-8-5-3-4-6(9)12(8)11-7/h6H,2-5,9H2,1H3. The van der Waals surface area contributed by atoms with Gasteiger partial charge in [0.25, 0.3) is 0 Å². The maximum Gasteiger partial charge on any atom is 0.150 e. The van der Waals surface area contributed by atoms with Gasteiger partial charge >= 0.3 is 0 Å². The summed E-state index contributed by atoms with van der Waals surface area (Å²) in [6, 6.07) is 0. The van der Waals surface area contributed by atoms with Gasteiger partial charge in [0.1, 0.15) is 12.0 Å². The molecule has 1 aromatic heterocycles. The van der Waals surface area contributed by atoms with Crippen molar-refractivity contribution in [1.29, 1.82) is 0 Å². The molecule has 4 nitrogen and oxygen atoms in total. The Morgan fingerprint density at radius 2 is 2.50 bits per heavy atom. The molecule has 66 valence electrons. The van der Waals surface area contributed by atoms with Crippen LogP contribution in [0.15, 0.2) is 0 Å². The van der Waals surface area contributed by atoms with E-state index in [1.165, 1.54) is 0 Å². The van der Waals surface area contributed by atoms with Crippen LogP contribution in [0.25, 0.3) is 0 Å². The average molecular weight is 166 g/mol. The molecule has 1 aliphatic rings. The summed E-state index contributed by atoms with van der Waals surface area (Å²) in [4.78, 5) is 4.39. The summed E-state index contributed by atoms with van der Waals surface area (Å²) in [5.41, 5.74) is 5.87. The fourth-order valence-electron chi connectivity index (χ4n) is 1.58. The van der Waals surface area contributed by atoms with Crippen molar-refractivity contribution in [2.45, 2.75) is 38.8 Å². The average Bonchev–Trinajstić information content (AvgIpc) is 2.49. The molecule has 1 unspecified atom stereocenters. The van der Waals surface area contributed by atoms with Crippen LogP contribution in [-0.2, 0) is 12.8 Å². The van der Waals surface area contributed by atoms with Gasteiger partial charge in [0.15, 0.2) is 5.82 Å². The number of hydrogen-bond acceptors (Lipinski definition) is 3. The summed E-state index contributed by atoms with van der Waals surface area (Å²) < 4.78 is 1.88. The van der Waals surface area contributed by atoms with Crippen LogP contribution in [0.3, 0.4) is 0 Å². The first-order valence-electron chi connectivity index (χ1n) is 4.51. The molecule has 4 heteroatoms. The second kappa shape index (κ2) is 2.86. The summed E-state index contributed by atoms with van der Waals surface area (Å²) in [7, 11) is 0. The van der Waals surface area contributed by atoms with Gasteiger partial charge in [-0.1, -0.05) is 6.92 Å². The van der Waals surface area contributed by atoms with E-state index in [1.807, 2.05) is 4.68 Å². The molecular weight excluding hydrogens is 152 g/mol. The van der Waals surface area contributed by atoms with Gasteiger partial charge in [0.05, 0.1) is 0 Å². The van der Waals surface area contributed by atoms with Crippen molar-refractivity contribution in [3.05, 3.63) is 11.6 Å². The van der Waals surface area contributed by atoms with E-state index in [0.29, 0.717) is 0 Å². The molecule has 2 N–H and O–H groups in total. The van der Waals surface area contributed by atoms with E-state index in [2.05, 4.69) is 17.0 Å². The lowest BCUT2D eigenvalue weighted by atomic mass is 10.1. The van der Waals surface area contributed by atoms with Crippen molar-refractivity contribution in [2.24, 2.45) is 5.73 Å². The Labute approximate surface area is 71.8 Å². The first-order chi connectivity index (χ1) is 5.81. The van der Waals surface area contributed by atoms with Gasteiger partial charge in [-0.05, 0) is 12.8 Å². The van der Waals surface area contributed by atoms with Crippen LogP contribution in [0.4, 0.5) is 0 Å². The number of fused-ring (bicyclic) bond motifs is 1. The lowest BCUT2D eigenvalue weighted by molar-refractivity contribution is 0.371. The smallest absolute Gasteiger partial charge is 0.150 e. The lowest BCUT2D eigenvalue weighted by Crippen LogP contribution is -2.25. The zero-order valence-corrected chi connectivity index (χ0v) is 7.32. The highest BCUT2D eigenvalue weighted by molar-refractivity contribution is 4.97. The third-order valence-corrected chi connectivity index (χ3v) is 2.28. The largest absolute Gasteiger partial charge is 0.310 e. The molecule has 0 aliphatic carbocycles. The van der Waals surface area contributed by atoms with E-state index in [9.17, 15) is 0 Å². The first kappa shape index (κ1) is 7.73. The van der Waals surface area contributed by atoms with Crippen LogP contribution in [0.5, 0.6) is 0 Å². The van der Waals surface area contributed by atoms with Crippen molar-refractivity contribution in [3.63, 3.8) is 0 Å². The number of aromatic nitrogens is 3. The van der Waals surface area contributed by atoms with E-state index in [-0.39, 0.29) is 6.17 Å². The molecule has 1 aliphatic heterocycles. The van der Waals surface area contributed by atoms with Gasteiger partial charge in [0.2, 0.25) is 0 Å².